The molecule has 0 saturated heterocycles. The van der Waals surface area contributed by atoms with Crippen LogP contribution in [-0.4, -0.2) is 32.5 Å². The van der Waals surface area contributed by atoms with E-state index < -0.39 is 15.3 Å². The molecule has 2 amide bonds. The topological polar surface area (TPSA) is 104 Å². The molecule has 0 radical (unpaired) electrons. The summed E-state index contributed by atoms with van der Waals surface area (Å²) in [4.78, 5) is 25.6. The van der Waals surface area contributed by atoms with E-state index in [-0.39, 0.29) is 23.1 Å². The zero-order valence-electron chi connectivity index (χ0n) is 15.1. The first-order valence-electron chi connectivity index (χ1n) is 8.31. The summed E-state index contributed by atoms with van der Waals surface area (Å²) in [6.45, 7) is 1.67. The molecule has 1 unspecified atom stereocenters. The van der Waals surface area contributed by atoms with Crippen molar-refractivity contribution in [3.05, 3.63) is 47.0 Å². The first-order chi connectivity index (χ1) is 13.2. The molecule has 28 heavy (non-hydrogen) atoms. The van der Waals surface area contributed by atoms with Gasteiger partial charge < -0.3 is 10.6 Å². The van der Waals surface area contributed by atoms with Gasteiger partial charge in [0, 0.05) is 22.0 Å². The predicted molar refractivity (Wildman–Crippen MR) is 110 cm³/mol. The van der Waals surface area contributed by atoms with E-state index in [1.54, 1.807) is 37.3 Å². The fourth-order valence-electron chi connectivity index (χ4n) is 2.71. The third-order valence-electron chi connectivity index (χ3n) is 4.16. The van der Waals surface area contributed by atoms with Crippen LogP contribution in [0.5, 0.6) is 0 Å². The first-order valence-corrected chi connectivity index (χ1v) is 11.0. The summed E-state index contributed by atoms with van der Waals surface area (Å²) in [5, 5.41) is 5.33. The van der Waals surface area contributed by atoms with Crippen LogP contribution in [0, 0.1) is 6.92 Å². The SMILES string of the molecule is CNS(=O)(=O)c1cc(NC(=O)CC2Sc3ccc(Cl)cc3NC2=O)ccc1C. The van der Waals surface area contributed by atoms with Crippen LogP contribution in [0.2, 0.25) is 5.02 Å². The Hall–Kier alpha value is -2.07. The van der Waals surface area contributed by atoms with Gasteiger partial charge in [0.1, 0.15) is 0 Å². The Labute approximate surface area is 172 Å². The smallest absolute Gasteiger partial charge is 0.240 e. The number of rotatable bonds is 5. The monoisotopic (exact) mass is 439 g/mol. The third kappa shape index (κ3) is 4.49. The third-order valence-corrected chi connectivity index (χ3v) is 7.23. The lowest BCUT2D eigenvalue weighted by Crippen LogP contribution is -2.32. The largest absolute Gasteiger partial charge is 0.326 e. The summed E-state index contributed by atoms with van der Waals surface area (Å²) in [5.41, 5.74) is 1.53. The summed E-state index contributed by atoms with van der Waals surface area (Å²) in [6, 6.07) is 9.80. The molecule has 148 valence electrons. The average molecular weight is 440 g/mol. The van der Waals surface area contributed by atoms with Crippen LogP contribution in [0.25, 0.3) is 0 Å². The molecule has 3 N–H and O–H groups in total. The summed E-state index contributed by atoms with van der Waals surface area (Å²) in [6.07, 6.45) is -0.0550. The average Bonchev–Trinajstić information content (AvgIpc) is 2.64. The van der Waals surface area contributed by atoms with Gasteiger partial charge in [0.2, 0.25) is 21.8 Å². The number of carbonyl (C=O) groups is 2. The van der Waals surface area contributed by atoms with E-state index in [1.807, 2.05) is 0 Å². The highest BCUT2D eigenvalue weighted by Crippen LogP contribution is 2.38. The summed E-state index contributed by atoms with van der Waals surface area (Å²) < 4.78 is 26.4. The minimum absolute atomic E-state index is 0.0550. The number of benzene rings is 2. The zero-order valence-corrected chi connectivity index (χ0v) is 17.5. The van der Waals surface area contributed by atoms with Crippen LogP contribution in [0.1, 0.15) is 12.0 Å². The molecule has 1 atom stereocenters. The molecule has 7 nitrogen and oxygen atoms in total. The predicted octanol–water partition coefficient (Wildman–Crippen LogP) is 3.00. The Bertz CT molecular complexity index is 1060. The molecule has 1 aliphatic rings. The van der Waals surface area contributed by atoms with Crippen molar-refractivity contribution in [1.82, 2.24) is 4.72 Å². The summed E-state index contributed by atoms with van der Waals surface area (Å²) >= 11 is 7.22. The highest BCUT2D eigenvalue weighted by Gasteiger charge is 2.29. The van der Waals surface area contributed by atoms with E-state index in [4.69, 9.17) is 11.6 Å². The van der Waals surface area contributed by atoms with Gasteiger partial charge in [-0.05, 0) is 49.9 Å². The number of fused-ring (bicyclic) bond motifs is 1. The maximum Gasteiger partial charge on any atom is 0.240 e. The quantitative estimate of drug-likeness (QED) is 0.664. The van der Waals surface area contributed by atoms with Crippen molar-refractivity contribution in [2.45, 2.75) is 28.4 Å². The first kappa shape index (κ1) is 20.7. The van der Waals surface area contributed by atoms with Gasteiger partial charge in [0.25, 0.3) is 0 Å². The van der Waals surface area contributed by atoms with E-state index in [0.29, 0.717) is 22.0 Å². The minimum atomic E-state index is -3.64. The number of aryl methyl sites for hydroxylation is 1. The van der Waals surface area contributed by atoms with E-state index in [9.17, 15) is 18.0 Å². The van der Waals surface area contributed by atoms with Crippen molar-refractivity contribution in [2.24, 2.45) is 0 Å². The standard InChI is InChI=1S/C18H18ClN3O4S2/c1-10-3-5-12(8-16(10)28(25,26)20-2)21-17(23)9-15-18(24)22-13-7-11(19)4-6-14(13)27-15/h3-8,15,20H,9H2,1-2H3,(H,21,23)(H,22,24). The molecule has 2 aromatic rings. The number of sulfonamides is 1. The van der Waals surface area contributed by atoms with Crippen molar-refractivity contribution < 1.29 is 18.0 Å². The molecule has 0 aliphatic carbocycles. The molecular weight excluding hydrogens is 422 g/mol. The number of nitrogens with one attached hydrogen (secondary N) is 3. The molecule has 0 bridgehead atoms. The zero-order chi connectivity index (χ0) is 20.5. The second kappa shape index (κ2) is 8.12. The maximum absolute atomic E-state index is 12.4. The highest BCUT2D eigenvalue weighted by atomic mass is 35.5. The van der Waals surface area contributed by atoms with E-state index in [1.165, 1.54) is 24.9 Å². The van der Waals surface area contributed by atoms with Crippen molar-refractivity contribution >= 4 is 56.6 Å². The molecule has 10 heteroatoms. The molecular formula is C18H18ClN3O4S2. The lowest BCUT2D eigenvalue weighted by Gasteiger charge is -2.23. The lowest BCUT2D eigenvalue weighted by atomic mass is 10.2. The molecule has 2 aromatic carbocycles. The van der Waals surface area contributed by atoms with Gasteiger partial charge in [-0.2, -0.15) is 0 Å². The van der Waals surface area contributed by atoms with Crippen LogP contribution < -0.4 is 15.4 Å². The maximum atomic E-state index is 12.4. The molecule has 0 saturated carbocycles. The molecule has 0 aromatic heterocycles. The van der Waals surface area contributed by atoms with Crippen LogP contribution >= 0.6 is 23.4 Å². The van der Waals surface area contributed by atoms with Gasteiger partial charge in [-0.1, -0.05) is 17.7 Å². The van der Waals surface area contributed by atoms with Crippen LogP contribution in [0.4, 0.5) is 11.4 Å². The normalized spacial score (nSPS) is 16.2. The fourth-order valence-corrected chi connectivity index (χ4v) is 4.97. The number of carbonyl (C=O) groups excluding carboxylic acids is 2. The van der Waals surface area contributed by atoms with Gasteiger partial charge in [-0.25, -0.2) is 13.1 Å². The summed E-state index contributed by atoms with van der Waals surface area (Å²) in [5.74, 6) is -0.668. The van der Waals surface area contributed by atoms with Crippen molar-refractivity contribution in [1.29, 1.82) is 0 Å². The Balaban J connectivity index is 1.72. The molecule has 1 aliphatic heterocycles. The van der Waals surface area contributed by atoms with Crippen LogP contribution in [-0.2, 0) is 19.6 Å². The number of hydrogen-bond acceptors (Lipinski definition) is 5. The number of hydrogen-bond donors (Lipinski definition) is 3. The fraction of sp³-hybridized carbons (Fsp3) is 0.222. The Morgan fingerprint density at radius 1 is 1.25 bits per heavy atom. The number of anilines is 2. The molecule has 0 fully saturated rings. The van der Waals surface area contributed by atoms with Gasteiger partial charge in [0.05, 0.1) is 15.8 Å². The summed E-state index contributed by atoms with van der Waals surface area (Å²) in [7, 11) is -2.32. The Morgan fingerprint density at radius 3 is 2.71 bits per heavy atom. The van der Waals surface area contributed by atoms with Crippen molar-refractivity contribution in [2.75, 3.05) is 17.7 Å². The van der Waals surface area contributed by atoms with Gasteiger partial charge in [-0.15, -0.1) is 11.8 Å². The van der Waals surface area contributed by atoms with Gasteiger partial charge in [0.15, 0.2) is 0 Å². The minimum Gasteiger partial charge on any atom is -0.326 e. The van der Waals surface area contributed by atoms with E-state index in [0.717, 1.165) is 4.90 Å². The van der Waals surface area contributed by atoms with Crippen LogP contribution in [0.15, 0.2) is 46.2 Å². The highest BCUT2D eigenvalue weighted by molar-refractivity contribution is 8.01. The van der Waals surface area contributed by atoms with Gasteiger partial charge in [-0.3, -0.25) is 9.59 Å². The van der Waals surface area contributed by atoms with E-state index >= 15 is 0 Å². The Kier molecular flexibility index (Phi) is 5.99. The second-order valence-corrected chi connectivity index (χ2v) is 9.71. The Morgan fingerprint density at radius 2 is 2.00 bits per heavy atom. The number of amides is 2. The lowest BCUT2D eigenvalue weighted by molar-refractivity contribution is -0.120. The number of halogens is 1. The molecule has 0 spiro atoms. The van der Waals surface area contributed by atoms with Crippen molar-refractivity contribution in [3.63, 3.8) is 0 Å². The molecule has 3 rings (SSSR count). The van der Waals surface area contributed by atoms with Gasteiger partial charge >= 0.3 is 0 Å². The van der Waals surface area contributed by atoms with Crippen LogP contribution in [0.3, 0.4) is 0 Å². The molecule has 1 heterocycles. The second-order valence-electron chi connectivity index (χ2n) is 6.18. The van der Waals surface area contributed by atoms with Crippen molar-refractivity contribution in [3.8, 4) is 0 Å². The van der Waals surface area contributed by atoms with E-state index in [2.05, 4.69) is 15.4 Å². The number of thioether (sulfide) groups is 1.